The van der Waals surface area contributed by atoms with Crippen molar-refractivity contribution in [3.05, 3.63) is 83.2 Å². The van der Waals surface area contributed by atoms with Crippen molar-refractivity contribution < 1.29 is 24.0 Å². The number of amides is 4. The molecule has 0 fully saturated rings. The lowest BCUT2D eigenvalue weighted by atomic mass is 10.1. The number of benzene rings is 1. The topological polar surface area (TPSA) is 239 Å². The quantitative estimate of drug-likeness (QED) is 0.0530. The lowest BCUT2D eigenvalue weighted by Gasteiger charge is -2.23. The van der Waals surface area contributed by atoms with E-state index in [2.05, 4.69) is 16.0 Å². The molecule has 0 aliphatic heterocycles. The van der Waals surface area contributed by atoms with Gasteiger partial charge in [0.15, 0.2) is 0 Å². The van der Waals surface area contributed by atoms with Crippen molar-refractivity contribution in [2.45, 2.75) is 6.42 Å². The van der Waals surface area contributed by atoms with Gasteiger partial charge in [-0.3, -0.25) is 39.7 Å². The molecular formula is C30H33N11O5. The Morgan fingerprint density at radius 3 is 2.15 bits per heavy atom. The van der Waals surface area contributed by atoms with Crippen molar-refractivity contribution in [3.8, 4) is 0 Å². The standard InChI is InChI=1S/C30H33N11O5/c1-38-12-18(36-16-43)9-23(38)29(45)37-19-10-25(39(2)13-19)30(46)41(27(34)21-5-4-17(15-42)8-22(21)31)20-11-24(40(3)14-20)28(44)35-7-6-26(32)33/h4-5,8-16,34H,6-7,31H2,1-3H3,(H3,32,33)(H,35,44)(H,36,43)(H,37,45). The van der Waals surface area contributed by atoms with Crippen molar-refractivity contribution in [3.63, 3.8) is 0 Å². The van der Waals surface area contributed by atoms with E-state index in [0.29, 0.717) is 18.4 Å². The van der Waals surface area contributed by atoms with Gasteiger partial charge in [-0.2, -0.15) is 0 Å². The summed E-state index contributed by atoms with van der Waals surface area (Å²) < 4.78 is 4.48. The lowest BCUT2D eigenvalue weighted by molar-refractivity contribution is -0.105. The first kappa shape index (κ1) is 32.5. The number of amidine groups is 2. The summed E-state index contributed by atoms with van der Waals surface area (Å²) in [6.45, 7) is 0.127. The molecule has 0 unspecified atom stereocenters. The highest BCUT2D eigenvalue weighted by Gasteiger charge is 2.29. The fraction of sp³-hybridized carbons (Fsp3) is 0.167. The maximum atomic E-state index is 14.2. The van der Waals surface area contributed by atoms with E-state index in [4.69, 9.17) is 22.3 Å². The second-order valence-electron chi connectivity index (χ2n) is 10.3. The number of nitrogens with one attached hydrogen (secondary N) is 5. The van der Waals surface area contributed by atoms with Crippen LogP contribution in [0.4, 0.5) is 22.7 Å². The number of nitrogen functional groups attached to an aromatic ring is 1. The Bertz CT molecular complexity index is 1880. The molecule has 0 bridgehead atoms. The first-order valence-corrected chi connectivity index (χ1v) is 13.7. The summed E-state index contributed by atoms with van der Waals surface area (Å²) in [5, 5.41) is 24.3. The molecule has 0 saturated heterocycles. The number of anilines is 4. The van der Waals surface area contributed by atoms with Crippen LogP contribution >= 0.6 is 0 Å². The van der Waals surface area contributed by atoms with E-state index in [-0.39, 0.29) is 69.9 Å². The maximum absolute atomic E-state index is 14.2. The van der Waals surface area contributed by atoms with Gasteiger partial charge >= 0.3 is 0 Å². The third-order valence-electron chi connectivity index (χ3n) is 7.00. The number of rotatable bonds is 12. The Balaban J connectivity index is 1.70. The van der Waals surface area contributed by atoms with Crippen LogP contribution < -0.4 is 32.3 Å². The molecule has 4 rings (SSSR count). The van der Waals surface area contributed by atoms with Crippen molar-refractivity contribution in [1.29, 1.82) is 10.8 Å². The smallest absolute Gasteiger partial charge is 0.280 e. The zero-order valence-corrected chi connectivity index (χ0v) is 25.2. The highest BCUT2D eigenvalue weighted by atomic mass is 16.2. The minimum atomic E-state index is -0.683. The number of hydrogen-bond acceptors (Lipinski definition) is 8. The van der Waals surface area contributed by atoms with Crippen molar-refractivity contribution in [1.82, 2.24) is 19.0 Å². The summed E-state index contributed by atoms with van der Waals surface area (Å²) >= 11 is 0. The number of aryl methyl sites for hydroxylation is 3. The van der Waals surface area contributed by atoms with Crippen LogP contribution in [0.3, 0.4) is 0 Å². The predicted molar refractivity (Wildman–Crippen MR) is 173 cm³/mol. The minimum absolute atomic E-state index is 0.0784. The predicted octanol–water partition coefficient (Wildman–Crippen LogP) is 1.65. The molecule has 238 valence electrons. The second kappa shape index (κ2) is 13.5. The van der Waals surface area contributed by atoms with E-state index < -0.39 is 17.7 Å². The average molecular weight is 628 g/mol. The van der Waals surface area contributed by atoms with Crippen LogP contribution in [-0.4, -0.2) is 62.3 Å². The summed E-state index contributed by atoms with van der Waals surface area (Å²) in [4.78, 5) is 63.3. The van der Waals surface area contributed by atoms with Crippen LogP contribution in [0.15, 0.2) is 55.0 Å². The Kier molecular flexibility index (Phi) is 9.50. The maximum Gasteiger partial charge on any atom is 0.280 e. The summed E-state index contributed by atoms with van der Waals surface area (Å²) in [6, 6.07) is 8.65. The van der Waals surface area contributed by atoms with E-state index in [1.807, 2.05) is 0 Å². The number of aldehydes is 1. The Morgan fingerprint density at radius 2 is 1.50 bits per heavy atom. The molecule has 16 nitrogen and oxygen atoms in total. The normalized spacial score (nSPS) is 10.6. The molecule has 9 N–H and O–H groups in total. The van der Waals surface area contributed by atoms with Gasteiger partial charge in [0.25, 0.3) is 17.7 Å². The fourth-order valence-electron chi connectivity index (χ4n) is 4.73. The Hall–Kier alpha value is -6.45. The highest BCUT2D eigenvalue weighted by molar-refractivity contribution is 6.28. The molecular weight excluding hydrogens is 594 g/mol. The Morgan fingerprint density at radius 1 is 0.870 bits per heavy atom. The molecule has 0 saturated carbocycles. The largest absolute Gasteiger partial charge is 0.398 e. The zero-order chi connectivity index (χ0) is 33.7. The average Bonchev–Trinajstić information content (AvgIpc) is 3.68. The van der Waals surface area contributed by atoms with Gasteiger partial charge < -0.3 is 41.1 Å². The van der Waals surface area contributed by atoms with E-state index in [0.717, 1.165) is 4.90 Å². The van der Waals surface area contributed by atoms with Gasteiger partial charge in [-0.15, -0.1) is 0 Å². The van der Waals surface area contributed by atoms with Crippen molar-refractivity contribution in [2.24, 2.45) is 26.9 Å². The number of nitrogens with zero attached hydrogens (tertiary/aromatic N) is 4. The van der Waals surface area contributed by atoms with Crippen molar-refractivity contribution >= 4 is 64.8 Å². The molecule has 0 spiro atoms. The zero-order valence-electron chi connectivity index (χ0n) is 25.2. The van der Waals surface area contributed by atoms with Crippen LogP contribution in [0.5, 0.6) is 0 Å². The van der Waals surface area contributed by atoms with Gasteiger partial charge in [0, 0.05) is 69.5 Å². The first-order chi connectivity index (χ1) is 21.8. The molecule has 0 aliphatic carbocycles. The summed E-state index contributed by atoms with van der Waals surface area (Å²) in [7, 11) is 4.82. The van der Waals surface area contributed by atoms with E-state index >= 15 is 0 Å². The molecule has 3 aromatic heterocycles. The monoisotopic (exact) mass is 627 g/mol. The van der Waals surface area contributed by atoms with Gasteiger partial charge in [-0.05, 0) is 30.3 Å². The third-order valence-corrected chi connectivity index (χ3v) is 7.00. The SMILES string of the molecule is Cn1cc(N(C(=N)c2ccc(C=O)cc2N)C(=O)c2cc(NC(=O)c3cc(NC=O)cn3C)cn2C)cc1C(=O)NCCC(=N)N. The number of carbonyl (C=O) groups excluding carboxylic acids is 5. The van der Waals surface area contributed by atoms with Crippen LogP contribution in [0, 0.1) is 10.8 Å². The number of nitrogens with two attached hydrogens (primary N) is 2. The first-order valence-electron chi connectivity index (χ1n) is 13.7. The molecule has 3 heterocycles. The molecule has 46 heavy (non-hydrogen) atoms. The summed E-state index contributed by atoms with van der Waals surface area (Å²) in [6.07, 6.45) is 5.84. The number of aromatic nitrogens is 3. The van der Waals surface area contributed by atoms with Crippen LogP contribution in [0.2, 0.25) is 0 Å². The second-order valence-corrected chi connectivity index (χ2v) is 10.3. The van der Waals surface area contributed by atoms with Crippen LogP contribution in [0.1, 0.15) is 53.8 Å². The third kappa shape index (κ3) is 6.85. The molecule has 0 aliphatic rings. The van der Waals surface area contributed by atoms with Crippen molar-refractivity contribution in [2.75, 3.05) is 27.8 Å². The molecule has 16 heteroatoms. The van der Waals surface area contributed by atoms with Gasteiger partial charge in [0.05, 0.1) is 22.9 Å². The minimum Gasteiger partial charge on any atom is -0.398 e. The summed E-state index contributed by atoms with van der Waals surface area (Å²) in [5.74, 6) is -2.09. The van der Waals surface area contributed by atoms with Crippen LogP contribution in [-0.2, 0) is 25.9 Å². The fourth-order valence-corrected chi connectivity index (χ4v) is 4.73. The molecule has 1 aromatic carbocycles. The molecule has 0 radical (unpaired) electrons. The summed E-state index contributed by atoms with van der Waals surface area (Å²) in [5.41, 5.74) is 13.4. The van der Waals surface area contributed by atoms with Gasteiger partial charge in [-0.1, -0.05) is 6.07 Å². The number of carbonyl (C=O) groups is 5. The number of hydrogen-bond donors (Lipinski definition) is 7. The van der Waals surface area contributed by atoms with Gasteiger partial charge in [0.2, 0.25) is 6.41 Å². The van der Waals surface area contributed by atoms with Gasteiger partial charge in [-0.25, -0.2) is 0 Å². The Labute approximate surface area is 263 Å². The van der Waals surface area contributed by atoms with E-state index in [1.165, 1.54) is 62.5 Å². The lowest BCUT2D eigenvalue weighted by Crippen LogP contribution is -2.38. The van der Waals surface area contributed by atoms with E-state index in [1.54, 1.807) is 27.3 Å². The van der Waals surface area contributed by atoms with E-state index in [9.17, 15) is 24.0 Å². The highest BCUT2D eigenvalue weighted by Crippen LogP contribution is 2.27. The van der Waals surface area contributed by atoms with Gasteiger partial charge in [0.1, 0.15) is 29.2 Å². The molecule has 4 amide bonds. The molecule has 0 atom stereocenters. The molecule has 4 aromatic rings. The van der Waals surface area contributed by atoms with Crippen LogP contribution in [0.25, 0.3) is 0 Å².